The second-order valence-corrected chi connectivity index (χ2v) is 6.62. The van der Waals surface area contributed by atoms with Gasteiger partial charge in [0.15, 0.2) is 5.96 Å². The maximum absolute atomic E-state index is 5.92. The summed E-state index contributed by atoms with van der Waals surface area (Å²) < 4.78 is 0. The van der Waals surface area contributed by atoms with Gasteiger partial charge in [-0.05, 0) is 35.9 Å². The number of aromatic nitrogens is 1. The quantitative estimate of drug-likeness (QED) is 0.481. The molecule has 0 fully saturated rings. The Morgan fingerprint density at radius 1 is 1.26 bits per heavy atom. The fourth-order valence-corrected chi connectivity index (χ4v) is 3.39. The van der Waals surface area contributed by atoms with Gasteiger partial charge in [-0.3, -0.25) is 4.99 Å². The lowest BCUT2D eigenvalue weighted by atomic mass is 10.1. The molecule has 4 N–H and O–H groups in total. The van der Waals surface area contributed by atoms with Crippen LogP contribution in [-0.4, -0.2) is 24.0 Å². The molecule has 0 aliphatic heterocycles. The first-order chi connectivity index (χ1) is 11.2. The van der Waals surface area contributed by atoms with Crippen molar-refractivity contribution in [1.29, 1.82) is 0 Å². The molecule has 2 aromatic heterocycles. The summed E-state index contributed by atoms with van der Waals surface area (Å²) in [6.07, 6.45) is 3.95. The number of hydrogen-bond donors (Lipinski definition) is 3. The Morgan fingerprint density at radius 3 is 3.00 bits per heavy atom. The number of H-pyrrole nitrogens is 1. The van der Waals surface area contributed by atoms with Gasteiger partial charge in [-0.2, -0.15) is 0 Å². The second-order valence-electron chi connectivity index (χ2n) is 5.58. The number of benzene rings is 1. The molecule has 5 heteroatoms. The number of aliphatic imine (C=N–C) groups is 1. The van der Waals surface area contributed by atoms with Crippen LogP contribution in [0.25, 0.3) is 10.9 Å². The van der Waals surface area contributed by atoms with E-state index >= 15 is 0 Å². The number of nitrogens with one attached hydrogen (secondary N) is 2. The van der Waals surface area contributed by atoms with Crippen molar-refractivity contribution in [2.24, 2.45) is 10.7 Å². The number of nitrogens with zero attached hydrogens (tertiary/aromatic N) is 1. The first kappa shape index (κ1) is 15.6. The van der Waals surface area contributed by atoms with Gasteiger partial charge in [0.1, 0.15) is 0 Å². The van der Waals surface area contributed by atoms with Crippen molar-refractivity contribution in [1.82, 2.24) is 10.3 Å². The summed E-state index contributed by atoms with van der Waals surface area (Å²) in [4.78, 5) is 9.08. The van der Waals surface area contributed by atoms with Crippen molar-refractivity contribution in [2.45, 2.75) is 19.8 Å². The number of fused-ring (bicyclic) bond motifs is 1. The number of guanidine groups is 1. The molecule has 0 saturated carbocycles. The maximum atomic E-state index is 5.92. The monoisotopic (exact) mass is 326 g/mol. The van der Waals surface area contributed by atoms with E-state index in [1.54, 1.807) is 11.3 Å². The Balaban J connectivity index is 1.49. The maximum Gasteiger partial charge on any atom is 0.188 e. The van der Waals surface area contributed by atoms with Gasteiger partial charge in [0.2, 0.25) is 0 Å². The van der Waals surface area contributed by atoms with Gasteiger partial charge in [-0.25, -0.2) is 0 Å². The van der Waals surface area contributed by atoms with Crippen molar-refractivity contribution < 1.29 is 0 Å². The van der Waals surface area contributed by atoms with E-state index in [1.807, 2.05) is 0 Å². The van der Waals surface area contributed by atoms with Crippen LogP contribution in [0.2, 0.25) is 0 Å². The number of nitrogens with two attached hydrogens (primary N) is 1. The van der Waals surface area contributed by atoms with Crippen LogP contribution in [0.5, 0.6) is 0 Å². The molecule has 0 atom stereocenters. The highest BCUT2D eigenvalue weighted by molar-refractivity contribution is 7.09. The fraction of sp³-hybridized carbons (Fsp3) is 0.278. The lowest BCUT2D eigenvalue weighted by Crippen LogP contribution is -2.33. The average Bonchev–Trinajstić information content (AvgIpc) is 3.18. The van der Waals surface area contributed by atoms with Crippen LogP contribution in [0.3, 0.4) is 0 Å². The molecule has 0 amide bonds. The molecular formula is C18H22N4S. The Kier molecular flexibility index (Phi) is 4.98. The molecule has 3 aromatic rings. The molecule has 0 aliphatic carbocycles. The minimum atomic E-state index is 0.526. The van der Waals surface area contributed by atoms with E-state index in [1.165, 1.54) is 26.9 Å². The van der Waals surface area contributed by atoms with Crippen LogP contribution in [0.1, 0.15) is 16.0 Å². The summed E-state index contributed by atoms with van der Waals surface area (Å²) in [6, 6.07) is 10.6. The minimum absolute atomic E-state index is 0.526. The molecule has 3 rings (SSSR count). The van der Waals surface area contributed by atoms with Crippen LogP contribution < -0.4 is 11.1 Å². The predicted molar refractivity (Wildman–Crippen MR) is 99.3 cm³/mol. The van der Waals surface area contributed by atoms with E-state index < -0.39 is 0 Å². The van der Waals surface area contributed by atoms with Crippen molar-refractivity contribution in [3.8, 4) is 0 Å². The van der Waals surface area contributed by atoms with E-state index in [9.17, 15) is 0 Å². The highest BCUT2D eigenvalue weighted by atomic mass is 32.1. The molecule has 120 valence electrons. The SMILES string of the molecule is Cc1cccc2c(CCNC(N)=NCCc3cccs3)c[nH]c12. The van der Waals surface area contributed by atoms with Gasteiger partial charge >= 0.3 is 0 Å². The van der Waals surface area contributed by atoms with E-state index in [-0.39, 0.29) is 0 Å². The number of para-hydroxylation sites is 1. The molecule has 0 radical (unpaired) electrons. The summed E-state index contributed by atoms with van der Waals surface area (Å²) in [5.74, 6) is 0.526. The normalized spacial score (nSPS) is 12.0. The number of rotatable bonds is 6. The van der Waals surface area contributed by atoms with Gasteiger partial charge in [-0.1, -0.05) is 24.3 Å². The first-order valence-electron chi connectivity index (χ1n) is 7.86. The lowest BCUT2D eigenvalue weighted by molar-refractivity contribution is 0.848. The van der Waals surface area contributed by atoms with Crippen LogP contribution in [0, 0.1) is 6.92 Å². The number of hydrogen-bond acceptors (Lipinski definition) is 2. The van der Waals surface area contributed by atoms with Crippen molar-refractivity contribution in [2.75, 3.05) is 13.1 Å². The molecule has 23 heavy (non-hydrogen) atoms. The molecule has 0 unspecified atom stereocenters. The third-order valence-electron chi connectivity index (χ3n) is 3.93. The standard InChI is InChI=1S/C18H22N4S/c1-13-4-2-6-16-14(12-22-17(13)16)7-9-20-18(19)21-10-8-15-5-3-11-23-15/h2-6,11-12,22H,7-10H2,1H3,(H3,19,20,21). The molecule has 0 aliphatic rings. The average molecular weight is 326 g/mol. The first-order valence-corrected chi connectivity index (χ1v) is 8.74. The van der Waals surface area contributed by atoms with Crippen LogP contribution in [0.4, 0.5) is 0 Å². The Bertz CT molecular complexity index is 787. The second kappa shape index (κ2) is 7.33. The molecule has 0 spiro atoms. The third kappa shape index (κ3) is 3.93. The van der Waals surface area contributed by atoms with E-state index in [0.29, 0.717) is 5.96 Å². The summed E-state index contributed by atoms with van der Waals surface area (Å²) in [7, 11) is 0. The molecular weight excluding hydrogens is 304 g/mol. The highest BCUT2D eigenvalue weighted by Crippen LogP contribution is 2.21. The Morgan fingerprint density at radius 2 is 2.17 bits per heavy atom. The number of thiophene rings is 1. The number of aromatic amines is 1. The molecule has 1 aromatic carbocycles. The lowest BCUT2D eigenvalue weighted by Gasteiger charge is -2.05. The van der Waals surface area contributed by atoms with E-state index in [0.717, 1.165) is 25.9 Å². The van der Waals surface area contributed by atoms with Gasteiger partial charge < -0.3 is 16.0 Å². The molecule has 0 bridgehead atoms. The molecule has 0 saturated heterocycles. The van der Waals surface area contributed by atoms with E-state index in [4.69, 9.17) is 5.73 Å². The summed E-state index contributed by atoms with van der Waals surface area (Å²) in [5.41, 5.74) is 9.73. The van der Waals surface area contributed by atoms with Crippen LogP contribution in [0.15, 0.2) is 46.9 Å². The van der Waals surface area contributed by atoms with Gasteiger partial charge in [-0.15, -0.1) is 11.3 Å². The zero-order chi connectivity index (χ0) is 16.1. The zero-order valence-electron chi connectivity index (χ0n) is 13.3. The Hall–Kier alpha value is -2.27. The molecule has 4 nitrogen and oxygen atoms in total. The van der Waals surface area contributed by atoms with Crippen LogP contribution >= 0.6 is 11.3 Å². The van der Waals surface area contributed by atoms with Gasteiger partial charge in [0.05, 0.1) is 0 Å². The van der Waals surface area contributed by atoms with Crippen molar-refractivity contribution >= 4 is 28.2 Å². The van der Waals surface area contributed by atoms with Gasteiger partial charge in [0, 0.05) is 41.5 Å². The van der Waals surface area contributed by atoms with Gasteiger partial charge in [0.25, 0.3) is 0 Å². The highest BCUT2D eigenvalue weighted by Gasteiger charge is 2.05. The minimum Gasteiger partial charge on any atom is -0.370 e. The topological polar surface area (TPSA) is 66.2 Å². The largest absolute Gasteiger partial charge is 0.370 e. The van der Waals surface area contributed by atoms with Crippen molar-refractivity contribution in [3.63, 3.8) is 0 Å². The molecule has 2 heterocycles. The summed E-state index contributed by atoms with van der Waals surface area (Å²) in [5, 5.41) is 6.58. The van der Waals surface area contributed by atoms with E-state index in [2.05, 4.69) is 64.1 Å². The summed E-state index contributed by atoms with van der Waals surface area (Å²) in [6.45, 7) is 3.64. The summed E-state index contributed by atoms with van der Waals surface area (Å²) >= 11 is 1.76. The zero-order valence-corrected chi connectivity index (χ0v) is 14.1. The smallest absolute Gasteiger partial charge is 0.188 e. The third-order valence-corrected chi connectivity index (χ3v) is 4.87. The number of aryl methyl sites for hydroxylation is 1. The predicted octanol–water partition coefficient (Wildman–Crippen LogP) is 3.23. The van der Waals surface area contributed by atoms with Crippen molar-refractivity contribution in [3.05, 3.63) is 57.9 Å². The fourth-order valence-electron chi connectivity index (χ4n) is 2.69. The van der Waals surface area contributed by atoms with Crippen LogP contribution in [-0.2, 0) is 12.8 Å². The Labute approximate surface area is 140 Å².